The van der Waals surface area contributed by atoms with E-state index in [1.807, 2.05) is 18.2 Å². The van der Waals surface area contributed by atoms with Crippen LogP contribution < -0.4 is 11.4 Å². The SMILES string of the molecule is Nc1ncc(-c2ccc3[nH]c(=O)[nH]c3c2)cn1. The molecule has 6 heteroatoms. The molecular formula is C11H9N5O. The maximum absolute atomic E-state index is 11.1. The Morgan fingerprint density at radius 3 is 2.47 bits per heavy atom. The van der Waals surface area contributed by atoms with E-state index in [2.05, 4.69) is 19.9 Å². The number of nitrogens with two attached hydrogens (primary N) is 1. The van der Waals surface area contributed by atoms with Crippen LogP contribution in [0.5, 0.6) is 0 Å². The molecule has 6 nitrogen and oxygen atoms in total. The largest absolute Gasteiger partial charge is 0.368 e. The summed E-state index contributed by atoms with van der Waals surface area (Å²) in [5.41, 5.74) is 8.51. The lowest BCUT2D eigenvalue weighted by Gasteiger charge is -2.00. The highest BCUT2D eigenvalue weighted by Gasteiger charge is 2.02. The topological polar surface area (TPSA) is 100 Å². The first kappa shape index (κ1) is 9.59. The Hall–Kier alpha value is -2.63. The first-order valence-corrected chi connectivity index (χ1v) is 5.02. The van der Waals surface area contributed by atoms with Gasteiger partial charge in [0.2, 0.25) is 5.95 Å². The molecule has 0 saturated heterocycles. The second-order valence-corrected chi connectivity index (χ2v) is 3.67. The van der Waals surface area contributed by atoms with Crippen LogP contribution in [0.2, 0.25) is 0 Å². The Kier molecular flexibility index (Phi) is 1.94. The second kappa shape index (κ2) is 3.44. The zero-order valence-corrected chi connectivity index (χ0v) is 8.77. The maximum atomic E-state index is 11.1. The Morgan fingerprint density at radius 1 is 1.00 bits per heavy atom. The summed E-state index contributed by atoms with van der Waals surface area (Å²) in [4.78, 5) is 24.4. The molecular weight excluding hydrogens is 218 g/mol. The van der Waals surface area contributed by atoms with Crippen LogP contribution in [-0.4, -0.2) is 19.9 Å². The molecule has 2 heterocycles. The van der Waals surface area contributed by atoms with Gasteiger partial charge in [0.25, 0.3) is 0 Å². The summed E-state index contributed by atoms with van der Waals surface area (Å²) in [7, 11) is 0. The van der Waals surface area contributed by atoms with Crippen LogP contribution in [0, 0.1) is 0 Å². The van der Waals surface area contributed by atoms with Gasteiger partial charge in [0.1, 0.15) is 0 Å². The van der Waals surface area contributed by atoms with Gasteiger partial charge in [-0.3, -0.25) is 0 Å². The van der Waals surface area contributed by atoms with Crippen molar-refractivity contribution in [1.29, 1.82) is 0 Å². The smallest absolute Gasteiger partial charge is 0.323 e. The summed E-state index contributed by atoms with van der Waals surface area (Å²) in [5.74, 6) is 0.241. The first-order valence-electron chi connectivity index (χ1n) is 5.02. The Balaban J connectivity index is 2.17. The van der Waals surface area contributed by atoms with Crippen LogP contribution in [-0.2, 0) is 0 Å². The average Bonchev–Trinajstić information content (AvgIpc) is 2.69. The fraction of sp³-hybridized carbons (Fsp3) is 0. The minimum absolute atomic E-state index is 0.217. The van der Waals surface area contributed by atoms with E-state index >= 15 is 0 Å². The van der Waals surface area contributed by atoms with Crippen molar-refractivity contribution in [3.8, 4) is 11.1 Å². The van der Waals surface area contributed by atoms with Crippen molar-refractivity contribution in [1.82, 2.24) is 19.9 Å². The normalized spacial score (nSPS) is 10.8. The van der Waals surface area contributed by atoms with Crippen LogP contribution in [0.4, 0.5) is 5.95 Å². The number of aromatic amines is 2. The zero-order valence-electron chi connectivity index (χ0n) is 8.77. The quantitative estimate of drug-likeness (QED) is 0.574. The van der Waals surface area contributed by atoms with Crippen LogP contribution in [0.15, 0.2) is 35.4 Å². The first-order chi connectivity index (χ1) is 8.22. The molecule has 0 aliphatic heterocycles. The van der Waals surface area contributed by atoms with Gasteiger partial charge >= 0.3 is 5.69 Å². The van der Waals surface area contributed by atoms with Gasteiger partial charge in [-0.15, -0.1) is 0 Å². The average molecular weight is 227 g/mol. The molecule has 3 aromatic rings. The number of hydrogen-bond donors (Lipinski definition) is 3. The molecule has 17 heavy (non-hydrogen) atoms. The molecule has 0 amide bonds. The summed E-state index contributed by atoms with van der Waals surface area (Å²) < 4.78 is 0. The van der Waals surface area contributed by atoms with Crippen LogP contribution >= 0.6 is 0 Å². The van der Waals surface area contributed by atoms with E-state index in [0.717, 1.165) is 22.2 Å². The second-order valence-electron chi connectivity index (χ2n) is 3.67. The number of nitrogens with zero attached hydrogens (tertiary/aromatic N) is 2. The van der Waals surface area contributed by atoms with E-state index in [0.29, 0.717) is 0 Å². The van der Waals surface area contributed by atoms with Crippen molar-refractivity contribution in [2.45, 2.75) is 0 Å². The molecule has 1 aromatic carbocycles. The van der Waals surface area contributed by atoms with Crippen molar-refractivity contribution in [3.63, 3.8) is 0 Å². The number of anilines is 1. The van der Waals surface area contributed by atoms with E-state index in [9.17, 15) is 4.79 Å². The fourth-order valence-electron chi connectivity index (χ4n) is 1.70. The van der Waals surface area contributed by atoms with Crippen molar-refractivity contribution in [2.24, 2.45) is 0 Å². The molecule has 0 radical (unpaired) electrons. The summed E-state index contributed by atoms with van der Waals surface area (Å²) in [6, 6.07) is 5.59. The Labute approximate surface area is 95.5 Å². The third kappa shape index (κ3) is 1.65. The molecule has 2 aromatic heterocycles. The van der Waals surface area contributed by atoms with Crippen molar-refractivity contribution in [2.75, 3.05) is 5.73 Å². The Bertz CT molecular complexity index is 725. The molecule has 0 aliphatic carbocycles. The van der Waals surface area contributed by atoms with Gasteiger partial charge in [-0.05, 0) is 17.7 Å². The maximum Gasteiger partial charge on any atom is 0.323 e. The van der Waals surface area contributed by atoms with Gasteiger partial charge in [0.05, 0.1) is 11.0 Å². The number of aromatic nitrogens is 4. The highest BCUT2D eigenvalue weighted by molar-refractivity contribution is 5.81. The van der Waals surface area contributed by atoms with Gasteiger partial charge < -0.3 is 15.7 Å². The number of hydrogen-bond acceptors (Lipinski definition) is 4. The molecule has 0 aliphatic rings. The van der Waals surface area contributed by atoms with E-state index < -0.39 is 0 Å². The number of benzene rings is 1. The lowest BCUT2D eigenvalue weighted by Crippen LogP contribution is -1.99. The summed E-state index contributed by atoms with van der Waals surface area (Å²) in [5, 5.41) is 0. The minimum Gasteiger partial charge on any atom is -0.368 e. The molecule has 3 rings (SSSR count). The third-order valence-electron chi connectivity index (χ3n) is 2.52. The van der Waals surface area contributed by atoms with Gasteiger partial charge in [0.15, 0.2) is 0 Å². The molecule has 0 atom stereocenters. The summed E-state index contributed by atoms with van der Waals surface area (Å²) >= 11 is 0. The predicted octanol–water partition coefficient (Wildman–Crippen LogP) is 0.895. The molecule has 0 unspecified atom stereocenters. The standard InChI is InChI=1S/C11H9N5O/c12-10-13-4-7(5-14-10)6-1-2-8-9(3-6)16-11(17)15-8/h1-5H,(H2,12,13,14)(H2,15,16,17). The number of rotatable bonds is 1. The summed E-state index contributed by atoms with van der Waals surface area (Å²) in [6.07, 6.45) is 3.29. The molecule has 0 fully saturated rings. The lowest BCUT2D eigenvalue weighted by molar-refractivity contribution is 1.19. The third-order valence-corrected chi connectivity index (χ3v) is 2.52. The minimum atomic E-state index is -0.217. The predicted molar refractivity (Wildman–Crippen MR) is 64.4 cm³/mol. The van der Waals surface area contributed by atoms with Crippen molar-refractivity contribution >= 4 is 17.0 Å². The van der Waals surface area contributed by atoms with Crippen molar-refractivity contribution in [3.05, 3.63) is 41.1 Å². The van der Waals surface area contributed by atoms with Gasteiger partial charge in [-0.25, -0.2) is 14.8 Å². The van der Waals surface area contributed by atoms with Crippen LogP contribution in [0.3, 0.4) is 0 Å². The number of imidazole rings is 1. The van der Waals surface area contributed by atoms with Gasteiger partial charge in [0, 0.05) is 18.0 Å². The molecule has 4 N–H and O–H groups in total. The summed E-state index contributed by atoms with van der Waals surface area (Å²) in [6.45, 7) is 0. The molecule has 84 valence electrons. The lowest BCUT2D eigenvalue weighted by atomic mass is 10.1. The fourth-order valence-corrected chi connectivity index (χ4v) is 1.70. The Morgan fingerprint density at radius 2 is 1.71 bits per heavy atom. The zero-order chi connectivity index (χ0) is 11.8. The number of nitrogens with one attached hydrogen (secondary N) is 2. The van der Waals surface area contributed by atoms with E-state index in [1.54, 1.807) is 12.4 Å². The van der Waals surface area contributed by atoms with E-state index in [-0.39, 0.29) is 11.6 Å². The molecule has 0 spiro atoms. The monoisotopic (exact) mass is 227 g/mol. The van der Waals surface area contributed by atoms with Crippen LogP contribution in [0.1, 0.15) is 0 Å². The van der Waals surface area contributed by atoms with E-state index in [1.165, 1.54) is 0 Å². The number of fused-ring (bicyclic) bond motifs is 1. The van der Waals surface area contributed by atoms with Crippen molar-refractivity contribution < 1.29 is 0 Å². The molecule has 0 saturated carbocycles. The van der Waals surface area contributed by atoms with Gasteiger partial charge in [-0.1, -0.05) is 6.07 Å². The van der Waals surface area contributed by atoms with E-state index in [4.69, 9.17) is 5.73 Å². The molecule has 0 bridgehead atoms. The number of H-pyrrole nitrogens is 2. The number of nitrogen functional groups attached to an aromatic ring is 1. The highest BCUT2D eigenvalue weighted by atomic mass is 16.1. The van der Waals surface area contributed by atoms with Gasteiger partial charge in [-0.2, -0.15) is 0 Å². The van der Waals surface area contributed by atoms with Crippen LogP contribution in [0.25, 0.3) is 22.2 Å². The highest BCUT2D eigenvalue weighted by Crippen LogP contribution is 2.20.